The van der Waals surface area contributed by atoms with E-state index in [0.29, 0.717) is 0 Å². The lowest BCUT2D eigenvalue weighted by molar-refractivity contribution is -0.131. The largest absolute Gasteiger partial charge is 0.342 e. The minimum Gasteiger partial charge on any atom is -0.342 e. The quantitative estimate of drug-likeness (QED) is 0.832. The number of carbonyl (C=O) groups is 1. The molecule has 1 fully saturated rings. The van der Waals surface area contributed by atoms with Crippen LogP contribution in [0.4, 0.5) is 0 Å². The molecule has 98 valence electrons. The average Bonchev–Trinajstić information content (AvgIpc) is 2.40. The van der Waals surface area contributed by atoms with E-state index in [4.69, 9.17) is 0 Å². The van der Waals surface area contributed by atoms with Gasteiger partial charge in [0, 0.05) is 13.1 Å². The first kappa shape index (κ1) is 13.5. The van der Waals surface area contributed by atoms with E-state index in [1.807, 2.05) is 23.1 Å². The van der Waals surface area contributed by atoms with Crippen LogP contribution in [0.1, 0.15) is 25.3 Å². The molecule has 1 heterocycles. The third-order valence-corrected chi connectivity index (χ3v) is 4.06. The molecule has 0 saturated carbocycles. The van der Waals surface area contributed by atoms with Gasteiger partial charge in [-0.25, -0.2) is 0 Å². The van der Waals surface area contributed by atoms with Gasteiger partial charge in [0.2, 0.25) is 5.91 Å². The molecule has 1 aromatic rings. The van der Waals surface area contributed by atoms with Crippen LogP contribution in [0.5, 0.6) is 0 Å². The Hall–Kier alpha value is -0.960. The van der Waals surface area contributed by atoms with Crippen LogP contribution >= 0.6 is 12.6 Å². The molecule has 0 radical (unpaired) electrons. The summed E-state index contributed by atoms with van der Waals surface area (Å²) in [5.41, 5.74) is 1.18. The smallest absolute Gasteiger partial charge is 0.235 e. The van der Waals surface area contributed by atoms with Gasteiger partial charge in [0.05, 0.1) is 5.25 Å². The first-order chi connectivity index (χ1) is 8.66. The molecule has 0 bridgehead atoms. The van der Waals surface area contributed by atoms with Crippen molar-refractivity contribution in [2.24, 2.45) is 5.92 Å². The fourth-order valence-electron chi connectivity index (χ4n) is 2.36. The van der Waals surface area contributed by atoms with Crippen LogP contribution < -0.4 is 0 Å². The van der Waals surface area contributed by atoms with Gasteiger partial charge in [-0.2, -0.15) is 12.6 Å². The van der Waals surface area contributed by atoms with Gasteiger partial charge in [0.1, 0.15) is 0 Å². The van der Waals surface area contributed by atoms with Crippen LogP contribution in [0.3, 0.4) is 0 Å². The molecule has 18 heavy (non-hydrogen) atoms. The van der Waals surface area contributed by atoms with E-state index >= 15 is 0 Å². The summed E-state index contributed by atoms with van der Waals surface area (Å²) in [6.45, 7) is 4.04. The molecule has 1 saturated heterocycles. The molecule has 2 nitrogen and oxygen atoms in total. The van der Waals surface area contributed by atoms with E-state index < -0.39 is 0 Å². The van der Waals surface area contributed by atoms with Crippen LogP contribution in [-0.2, 0) is 11.2 Å². The van der Waals surface area contributed by atoms with Gasteiger partial charge >= 0.3 is 0 Å². The average molecular weight is 263 g/mol. The second-order valence-electron chi connectivity index (χ2n) is 5.21. The maximum absolute atomic E-state index is 12.3. The monoisotopic (exact) mass is 263 g/mol. The SMILES string of the molecule is CC1CCN(C(=O)C(S)Cc2ccccc2)CC1. The third kappa shape index (κ3) is 3.52. The number of hydrogen-bond acceptors (Lipinski definition) is 2. The molecule has 0 spiro atoms. The summed E-state index contributed by atoms with van der Waals surface area (Å²) in [5, 5.41) is -0.208. The van der Waals surface area contributed by atoms with E-state index in [0.717, 1.165) is 38.3 Å². The molecule has 1 amide bonds. The molecule has 0 N–H and O–H groups in total. The highest BCUT2D eigenvalue weighted by Crippen LogP contribution is 2.19. The summed E-state index contributed by atoms with van der Waals surface area (Å²) in [7, 11) is 0. The summed E-state index contributed by atoms with van der Waals surface area (Å²) < 4.78 is 0. The van der Waals surface area contributed by atoms with Gasteiger partial charge in [0.25, 0.3) is 0 Å². The summed E-state index contributed by atoms with van der Waals surface area (Å²) in [5.74, 6) is 0.940. The zero-order valence-electron chi connectivity index (χ0n) is 10.9. The van der Waals surface area contributed by atoms with Crippen LogP contribution in [0, 0.1) is 5.92 Å². The number of carbonyl (C=O) groups excluding carboxylic acids is 1. The zero-order valence-corrected chi connectivity index (χ0v) is 11.8. The van der Waals surface area contributed by atoms with Gasteiger partial charge in [0.15, 0.2) is 0 Å². The molecule has 2 rings (SSSR count). The lowest BCUT2D eigenvalue weighted by atomic mass is 9.98. The van der Waals surface area contributed by atoms with Crippen LogP contribution in [0.2, 0.25) is 0 Å². The number of rotatable bonds is 3. The number of piperidine rings is 1. The number of amides is 1. The lowest BCUT2D eigenvalue weighted by Crippen LogP contribution is -2.42. The van der Waals surface area contributed by atoms with Crippen LogP contribution in [-0.4, -0.2) is 29.1 Å². The summed E-state index contributed by atoms with van der Waals surface area (Å²) in [4.78, 5) is 14.2. The van der Waals surface area contributed by atoms with Gasteiger partial charge in [-0.05, 0) is 30.7 Å². The van der Waals surface area contributed by atoms with E-state index in [-0.39, 0.29) is 11.2 Å². The molecule has 0 aliphatic carbocycles. The molecule has 1 unspecified atom stereocenters. The van der Waals surface area contributed by atoms with Gasteiger partial charge in [-0.15, -0.1) is 0 Å². The van der Waals surface area contributed by atoms with Crippen molar-refractivity contribution < 1.29 is 4.79 Å². The van der Waals surface area contributed by atoms with Crippen molar-refractivity contribution in [1.29, 1.82) is 0 Å². The highest BCUT2D eigenvalue weighted by Gasteiger charge is 2.24. The van der Waals surface area contributed by atoms with E-state index in [1.165, 1.54) is 5.56 Å². The van der Waals surface area contributed by atoms with Crippen LogP contribution in [0.15, 0.2) is 30.3 Å². The molecule has 1 aromatic carbocycles. The van der Waals surface area contributed by atoms with E-state index in [1.54, 1.807) is 0 Å². The second kappa shape index (κ2) is 6.28. The third-order valence-electron chi connectivity index (χ3n) is 3.65. The van der Waals surface area contributed by atoms with Gasteiger partial charge in [-0.3, -0.25) is 4.79 Å². The Morgan fingerprint density at radius 1 is 1.33 bits per heavy atom. The zero-order chi connectivity index (χ0) is 13.0. The van der Waals surface area contributed by atoms with E-state index in [2.05, 4.69) is 31.7 Å². The molecule has 1 atom stereocenters. The van der Waals surface area contributed by atoms with Crippen LogP contribution in [0.25, 0.3) is 0 Å². The normalized spacial score (nSPS) is 18.7. The highest BCUT2D eigenvalue weighted by atomic mass is 32.1. The Labute approximate surface area is 115 Å². The van der Waals surface area contributed by atoms with Crippen molar-refractivity contribution in [2.45, 2.75) is 31.4 Å². The Morgan fingerprint density at radius 2 is 1.94 bits per heavy atom. The fraction of sp³-hybridized carbons (Fsp3) is 0.533. The number of benzene rings is 1. The first-order valence-corrected chi connectivity index (χ1v) is 7.19. The summed E-state index contributed by atoms with van der Waals surface area (Å²) in [6, 6.07) is 10.1. The van der Waals surface area contributed by atoms with E-state index in [9.17, 15) is 4.79 Å². The lowest BCUT2D eigenvalue weighted by Gasteiger charge is -2.32. The van der Waals surface area contributed by atoms with Crippen molar-refractivity contribution in [3.8, 4) is 0 Å². The Kier molecular flexibility index (Phi) is 4.70. The molecule has 1 aliphatic rings. The summed E-state index contributed by atoms with van der Waals surface area (Å²) >= 11 is 4.48. The second-order valence-corrected chi connectivity index (χ2v) is 5.84. The maximum Gasteiger partial charge on any atom is 0.235 e. The molecule has 3 heteroatoms. The Balaban J connectivity index is 1.89. The number of likely N-dealkylation sites (tertiary alicyclic amines) is 1. The van der Waals surface area contributed by atoms with Crippen molar-refractivity contribution >= 4 is 18.5 Å². The Morgan fingerprint density at radius 3 is 2.56 bits per heavy atom. The number of hydrogen-bond donors (Lipinski definition) is 1. The predicted octanol–water partition coefficient (Wildman–Crippen LogP) is 2.79. The number of nitrogens with zero attached hydrogens (tertiary/aromatic N) is 1. The van der Waals surface area contributed by atoms with Gasteiger partial charge in [-0.1, -0.05) is 37.3 Å². The van der Waals surface area contributed by atoms with Crippen molar-refractivity contribution in [2.75, 3.05) is 13.1 Å². The van der Waals surface area contributed by atoms with Crippen molar-refractivity contribution in [3.63, 3.8) is 0 Å². The predicted molar refractivity (Wildman–Crippen MR) is 77.9 cm³/mol. The van der Waals surface area contributed by atoms with Crippen molar-refractivity contribution in [3.05, 3.63) is 35.9 Å². The molecule has 1 aliphatic heterocycles. The first-order valence-electron chi connectivity index (χ1n) is 6.67. The standard InChI is InChI=1S/C15H21NOS/c1-12-7-9-16(10-8-12)15(17)14(18)11-13-5-3-2-4-6-13/h2-6,12,14,18H,7-11H2,1H3. The highest BCUT2D eigenvalue weighted by molar-refractivity contribution is 7.81. The maximum atomic E-state index is 12.3. The van der Waals surface area contributed by atoms with Gasteiger partial charge < -0.3 is 4.90 Å². The Bertz CT molecular complexity index is 385. The topological polar surface area (TPSA) is 20.3 Å². The van der Waals surface area contributed by atoms with Crippen molar-refractivity contribution in [1.82, 2.24) is 4.90 Å². The fourth-order valence-corrected chi connectivity index (χ4v) is 2.74. The molecular weight excluding hydrogens is 242 g/mol. The molecule has 0 aromatic heterocycles. The summed E-state index contributed by atoms with van der Waals surface area (Å²) in [6.07, 6.45) is 2.96. The number of thiol groups is 1. The minimum absolute atomic E-state index is 0.189. The molecular formula is C15H21NOS. The minimum atomic E-state index is -0.208.